The van der Waals surface area contributed by atoms with Crippen LogP contribution in [0.25, 0.3) is 0 Å². The summed E-state index contributed by atoms with van der Waals surface area (Å²) in [6, 6.07) is 3.12. The molecule has 1 aromatic rings. The largest absolute Gasteiger partial charge is 0.496 e. The van der Waals surface area contributed by atoms with E-state index >= 15 is 0 Å². The van der Waals surface area contributed by atoms with E-state index in [1.54, 1.807) is 19.9 Å². The molecule has 0 aliphatic rings. The molecule has 0 fully saturated rings. The Balaban J connectivity index is 3.36. The Morgan fingerprint density at radius 3 is 2.59 bits per heavy atom. The molecular weight excluding hydrogens is 225 g/mol. The van der Waals surface area contributed by atoms with Gasteiger partial charge in [0.15, 0.2) is 0 Å². The van der Waals surface area contributed by atoms with Crippen LogP contribution in [0.5, 0.6) is 5.75 Å². The summed E-state index contributed by atoms with van der Waals surface area (Å²) in [5.41, 5.74) is 4.71. The van der Waals surface area contributed by atoms with Gasteiger partial charge in [-0.05, 0) is 12.1 Å². The number of hydrogen-bond acceptors (Lipinski definition) is 3. The average molecular weight is 241 g/mol. The van der Waals surface area contributed by atoms with Crippen LogP contribution in [-0.4, -0.2) is 24.2 Å². The Kier molecular flexibility index (Phi) is 3.72. The Morgan fingerprint density at radius 1 is 1.53 bits per heavy atom. The zero-order valence-corrected chi connectivity index (χ0v) is 10.0. The van der Waals surface area contributed by atoms with E-state index in [2.05, 4.69) is 0 Å². The number of rotatable bonds is 4. The van der Waals surface area contributed by atoms with Gasteiger partial charge >= 0.3 is 5.97 Å². The van der Waals surface area contributed by atoms with Gasteiger partial charge in [0.2, 0.25) is 0 Å². The van der Waals surface area contributed by atoms with Crippen molar-refractivity contribution in [2.24, 2.45) is 5.73 Å². The molecule has 1 unspecified atom stereocenters. The predicted octanol–water partition coefficient (Wildman–Crippen LogP) is 1.52. The van der Waals surface area contributed by atoms with E-state index in [-0.39, 0.29) is 5.56 Å². The second-order valence-electron chi connectivity index (χ2n) is 4.35. The quantitative estimate of drug-likeness (QED) is 0.838. The maximum atomic E-state index is 13.8. The molecule has 1 atom stereocenters. The van der Waals surface area contributed by atoms with Crippen LogP contribution in [0.3, 0.4) is 0 Å². The number of aliphatic carboxylic acids is 1. The van der Waals surface area contributed by atoms with Gasteiger partial charge in [0.05, 0.1) is 7.11 Å². The molecule has 0 saturated carbocycles. The van der Waals surface area contributed by atoms with Crippen LogP contribution in [0.2, 0.25) is 0 Å². The Bertz CT molecular complexity index is 432. The van der Waals surface area contributed by atoms with Crippen molar-refractivity contribution in [1.82, 2.24) is 0 Å². The number of benzene rings is 1. The van der Waals surface area contributed by atoms with E-state index in [9.17, 15) is 9.18 Å². The maximum absolute atomic E-state index is 13.8. The fraction of sp³-hybridized carbons (Fsp3) is 0.417. The SMILES string of the molecule is COc1cccc(F)c1C(C)(C)C(N)C(=O)O. The van der Waals surface area contributed by atoms with Crippen molar-refractivity contribution >= 4 is 5.97 Å². The normalized spacial score (nSPS) is 13.2. The van der Waals surface area contributed by atoms with Gasteiger partial charge in [-0.25, -0.2) is 4.39 Å². The smallest absolute Gasteiger partial charge is 0.321 e. The molecule has 3 N–H and O–H groups in total. The van der Waals surface area contributed by atoms with Gasteiger partial charge in [0, 0.05) is 11.0 Å². The number of ether oxygens (including phenoxy) is 1. The van der Waals surface area contributed by atoms with Crippen LogP contribution >= 0.6 is 0 Å². The lowest BCUT2D eigenvalue weighted by Crippen LogP contribution is -2.47. The van der Waals surface area contributed by atoms with Crippen LogP contribution in [0.4, 0.5) is 4.39 Å². The van der Waals surface area contributed by atoms with Gasteiger partial charge in [-0.2, -0.15) is 0 Å². The number of methoxy groups -OCH3 is 1. The number of hydrogen-bond donors (Lipinski definition) is 2. The highest BCUT2D eigenvalue weighted by Crippen LogP contribution is 2.35. The van der Waals surface area contributed by atoms with Gasteiger partial charge < -0.3 is 15.6 Å². The summed E-state index contributed by atoms with van der Waals surface area (Å²) in [4.78, 5) is 10.9. The van der Waals surface area contributed by atoms with Crippen LogP contribution in [0.1, 0.15) is 19.4 Å². The van der Waals surface area contributed by atoms with E-state index in [1.165, 1.54) is 19.2 Å². The van der Waals surface area contributed by atoms with Crippen molar-refractivity contribution in [1.29, 1.82) is 0 Å². The minimum Gasteiger partial charge on any atom is -0.496 e. The first-order valence-electron chi connectivity index (χ1n) is 5.13. The Labute approximate surface area is 99.2 Å². The van der Waals surface area contributed by atoms with E-state index in [0.717, 1.165) is 0 Å². The molecule has 17 heavy (non-hydrogen) atoms. The summed E-state index contributed by atoms with van der Waals surface area (Å²) in [6.45, 7) is 3.15. The van der Waals surface area contributed by atoms with Crippen molar-refractivity contribution in [2.75, 3.05) is 7.11 Å². The fourth-order valence-electron chi connectivity index (χ4n) is 1.76. The van der Waals surface area contributed by atoms with Crippen LogP contribution in [-0.2, 0) is 10.2 Å². The summed E-state index contributed by atoms with van der Waals surface area (Å²) in [5, 5.41) is 8.95. The molecule has 0 heterocycles. The van der Waals surface area contributed by atoms with Crippen LogP contribution < -0.4 is 10.5 Å². The summed E-state index contributed by atoms with van der Waals surface area (Å²) in [6.07, 6.45) is 0. The van der Waals surface area contributed by atoms with Crippen molar-refractivity contribution in [3.63, 3.8) is 0 Å². The van der Waals surface area contributed by atoms with Crippen molar-refractivity contribution in [3.05, 3.63) is 29.6 Å². The zero-order chi connectivity index (χ0) is 13.2. The van der Waals surface area contributed by atoms with Gasteiger partial charge in [-0.3, -0.25) is 4.79 Å². The molecule has 0 aromatic heterocycles. The predicted molar refractivity (Wildman–Crippen MR) is 61.6 cm³/mol. The summed E-state index contributed by atoms with van der Waals surface area (Å²) < 4.78 is 18.9. The third-order valence-corrected chi connectivity index (χ3v) is 2.88. The van der Waals surface area contributed by atoms with Crippen molar-refractivity contribution in [2.45, 2.75) is 25.3 Å². The summed E-state index contributed by atoms with van der Waals surface area (Å²) in [5.74, 6) is -1.40. The van der Waals surface area contributed by atoms with Gasteiger partial charge in [-0.1, -0.05) is 19.9 Å². The molecule has 1 aromatic carbocycles. The van der Waals surface area contributed by atoms with Crippen LogP contribution in [0.15, 0.2) is 18.2 Å². The third kappa shape index (κ3) is 2.39. The average Bonchev–Trinajstić information content (AvgIpc) is 2.26. The van der Waals surface area contributed by atoms with Crippen molar-refractivity contribution < 1.29 is 19.0 Å². The van der Waals surface area contributed by atoms with E-state index in [0.29, 0.717) is 5.75 Å². The van der Waals surface area contributed by atoms with E-state index in [1.807, 2.05) is 0 Å². The van der Waals surface area contributed by atoms with Gasteiger partial charge in [-0.15, -0.1) is 0 Å². The standard InChI is InChI=1S/C12H16FNO3/c1-12(2,10(14)11(15)16)9-7(13)5-4-6-8(9)17-3/h4-6,10H,14H2,1-3H3,(H,15,16). The Morgan fingerprint density at radius 2 is 2.12 bits per heavy atom. The van der Waals surface area contributed by atoms with Gasteiger partial charge in [0.25, 0.3) is 0 Å². The molecule has 5 heteroatoms. The summed E-state index contributed by atoms with van der Waals surface area (Å²) >= 11 is 0. The molecule has 1 rings (SSSR count). The van der Waals surface area contributed by atoms with E-state index < -0.39 is 23.2 Å². The second-order valence-corrected chi connectivity index (χ2v) is 4.35. The molecule has 4 nitrogen and oxygen atoms in total. The highest BCUT2D eigenvalue weighted by atomic mass is 19.1. The number of carbonyl (C=O) groups is 1. The highest BCUT2D eigenvalue weighted by molar-refractivity contribution is 5.76. The first-order valence-corrected chi connectivity index (χ1v) is 5.13. The molecule has 0 bridgehead atoms. The highest BCUT2D eigenvalue weighted by Gasteiger charge is 2.38. The molecule has 0 aliphatic carbocycles. The zero-order valence-electron chi connectivity index (χ0n) is 10.0. The number of nitrogens with two attached hydrogens (primary N) is 1. The molecule has 0 radical (unpaired) electrons. The lowest BCUT2D eigenvalue weighted by Gasteiger charge is -2.30. The second kappa shape index (κ2) is 4.71. The number of halogens is 1. The maximum Gasteiger partial charge on any atom is 0.321 e. The lowest BCUT2D eigenvalue weighted by molar-refractivity contribution is -0.140. The minimum absolute atomic E-state index is 0.178. The lowest BCUT2D eigenvalue weighted by atomic mass is 9.77. The first kappa shape index (κ1) is 13.4. The van der Waals surface area contributed by atoms with Gasteiger partial charge in [0.1, 0.15) is 17.6 Å². The molecule has 0 spiro atoms. The monoisotopic (exact) mass is 241 g/mol. The molecule has 0 saturated heterocycles. The fourth-order valence-corrected chi connectivity index (χ4v) is 1.76. The third-order valence-electron chi connectivity index (χ3n) is 2.88. The Hall–Kier alpha value is -1.62. The topological polar surface area (TPSA) is 72.5 Å². The van der Waals surface area contributed by atoms with E-state index in [4.69, 9.17) is 15.6 Å². The number of carboxylic acid groups (broad SMARTS) is 1. The summed E-state index contributed by atoms with van der Waals surface area (Å²) in [7, 11) is 1.40. The van der Waals surface area contributed by atoms with Crippen molar-refractivity contribution in [3.8, 4) is 5.75 Å². The molecule has 0 aliphatic heterocycles. The van der Waals surface area contributed by atoms with Crippen LogP contribution in [0, 0.1) is 5.82 Å². The first-order chi connectivity index (χ1) is 7.82. The molecule has 94 valence electrons. The molecular formula is C12H16FNO3. The molecule has 0 amide bonds. The number of carboxylic acids is 1. The minimum atomic E-state index is -1.21.